The van der Waals surface area contributed by atoms with Crippen molar-refractivity contribution in [2.24, 2.45) is 7.05 Å². The van der Waals surface area contributed by atoms with E-state index in [2.05, 4.69) is 9.82 Å². The Hall–Kier alpha value is -1.93. The molecule has 108 valence electrons. The molecule has 0 unspecified atom stereocenters. The van der Waals surface area contributed by atoms with Crippen LogP contribution in [0.4, 0.5) is 10.2 Å². The first-order chi connectivity index (χ1) is 9.37. The topological polar surface area (TPSA) is 90.0 Å². The van der Waals surface area contributed by atoms with E-state index in [-0.39, 0.29) is 12.3 Å². The van der Waals surface area contributed by atoms with Crippen LogP contribution in [-0.2, 0) is 29.4 Å². The Labute approximate surface area is 116 Å². The number of nitrogens with two attached hydrogens (primary N) is 1. The molecule has 0 aliphatic rings. The summed E-state index contributed by atoms with van der Waals surface area (Å²) in [7, 11) is -1.85. The van der Waals surface area contributed by atoms with Crippen molar-refractivity contribution in [3.05, 3.63) is 47.4 Å². The highest BCUT2D eigenvalue weighted by molar-refractivity contribution is 7.88. The number of aryl methyl sites for hydroxylation is 1. The van der Waals surface area contributed by atoms with Gasteiger partial charge in [0.1, 0.15) is 11.6 Å². The SMILES string of the molecule is Cn1ncc(CNS(=O)(=O)Cc2ccc(F)cc2)c1N. The van der Waals surface area contributed by atoms with Crippen LogP contribution in [0.2, 0.25) is 0 Å². The molecule has 0 aliphatic carbocycles. The van der Waals surface area contributed by atoms with Crippen LogP contribution in [0.3, 0.4) is 0 Å². The zero-order valence-electron chi connectivity index (χ0n) is 10.9. The molecule has 8 heteroatoms. The molecule has 0 aliphatic heterocycles. The third-order valence-electron chi connectivity index (χ3n) is 2.82. The van der Waals surface area contributed by atoms with Gasteiger partial charge in [0.2, 0.25) is 10.0 Å². The average molecular weight is 298 g/mol. The third-order valence-corrected chi connectivity index (χ3v) is 4.11. The van der Waals surface area contributed by atoms with Crippen molar-refractivity contribution in [1.29, 1.82) is 0 Å². The van der Waals surface area contributed by atoms with E-state index in [1.165, 1.54) is 35.1 Å². The fraction of sp³-hybridized carbons (Fsp3) is 0.250. The molecule has 20 heavy (non-hydrogen) atoms. The Kier molecular flexibility index (Phi) is 4.05. The summed E-state index contributed by atoms with van der Waals surface area (Å²) < 4.78 is 40.5. The molecule has 0 amide bonds. The number of benzene rings is 1. The summed E-state index contributed by atoms with van der Waals surface area (Å²) in [6.07, 6.45) is 1.51. The normalized spacial score (nSPS) is 11.7. The van der Waals surface area contributed by atoms with E-state index in [0.717, 1.165) is 0 Å². The van der Waals surface area contributed by atoms with Gasteiger partial charge in [0.15, 0.2) is 0 Å². The number of nitrogens with zero attached hydrogens (tertiary/aromatic N) is 2. The molecule has 1 aromatic heterocycles. The van der Waals surface area contributed by atoms with Crippen LogP contribution in [0.15, 0.2) is 30.5 Å². The lowest BCUT2D eigenvalue weighted by Crippen LogP contribution is -2.25. The maximum atomic E-state index is 12.7. The van der Waals surface area contributed by atoms with Crippen LogP contribution in [-0.4, -0.2) is 18.2 Å². The van der Waals surface area contributed by atoms with Gasteiger partial charge < -0.3 is 5.73 Å². The molecule has 6 nitrogen and oxygen atoms in total. The zero-order valence-corrected chi connectivity index (χ0v) is 11.7. The van der Waals surface area contributed by atoms with Crippen molar-refractivity contribution in [2.45, 2.75) is 12.3 Å². The molecular formula is C12H15FN4O2S. The molecule has 0 spiro atoms. The largest absolute Gasteiger partial charge is 0.384 e. The summed E-state index contributed by atoms with van der Waals surface area (Å²) in [5.41, 5.74) is 6.84. The van der Waals surface area contributed by atoms with Gasteiger partial charge in [0.05, 0.1) is 11.9 Å². The summed E-state index contributed by atoms with van der Waals surface area (Å²) in [5.74, 6) is -0.204. The predicted molar refractivity (Wildman–Crippen MR) is 73.5 cm³/mol. The molecule has 0 fully saturated rings. The first-order valence-electron chi connectivity index (χ1n) is 5.85. The zero-order chi connectivity index (χ0) is 14.8. The Bertz CT molecular complexity index is 695. The fourth-order valence-corrected chi connectivity index (χ4v) is 2.78. The standard InChI is InChI=1S/C12H15FN4O2S/c1-17-12(14)10(6-15-17)7-16-20(18,19)8-9-2-4-11(13)5-3-9/h2-6,16H,7-8,14H2,1H3. The minimum atomic E-state index is -3.52. The number of rotatable bonds is 5. The minimum Gasteiger partial charge on any atom is -0.384 e. The number of halogens is 1. The Balaban J connectivity index is 2.01. The molecule has 2 rings (SSSR count). The highest BCUT2D eigenvalue weighted by Crippen LogP contribution is 2.11. The van der Waals surface area contributed by atoms with Crippen molar-refractivity contribution in [1.82, 2.24) is 14.5 Å². The molecule has 0 radical (unpaired) electrons. The van der Waals surface area contributed by atoms with E-state index in [4.69, 9.17) is 5.73 Å². The maximum absolute atomic E-state index is 12.7. The molecule has 0 atom stereocenters. The first kappa shape index (κ1) is 14.5. The van der Waals surface area contributed by atoms with Crippen LogP contribution in [0.1, 0.15) is 11.1 Å². The number of nitrogen functional groups attached to an aromatic ring is 1. The average Bonchev–Trinajstić information content (AvgIpc) is 2.70. The van der Waals surface area contributed by atoms with Crippen LogP contribution in [0, 0.1) is 5.82 Å². The summed E-state index contributed by atoms with van der Waals surface area (Å²) in [6, 6.07) is 5.33. The number of nitrogens with one attached hydrogen (secondary N) is 1. The van der Waals surface area contributed by atoms with Crippen LogP contribution in [0.25, 0.3) is 0 Å². The van der Waals surface area contributed by atoms with Gasteiger partial charge in [-0.05, 0) is 17.7 Å². The van der Waals surface area contributed by atoms with Crippen LogP contribution in [0.5, 0.6) is 0 Å². The number of hydrogen-bond donors (Lipinski definition) is 2. The van der Waals surface area contributed by atoms with Crippen molar-refractivity contribution in [3.63, 3.8) is 0 Å². The van der Waals surface area contributed by atoms with Crippen molar-refractivity contribution >= 4 is 15.8 Å². The van der Waals surface area contributed by atoms with Crippen LogP contribution < -0.4 is 10.5 Å². The van der Waals surface area contributed by atoms with E-state index in [1.807, 2.05) is 0 Å². The van der Waals surface area contributed by atoms with E-state index in [0.29, 0.717) is 16.9 Å². The summed E-state index contributed by atoms with van der Waals surface area (Å²) in [6.45, 7) is 0.0726. The number of aromatic nitrogens is 2. The lowest BCUT2D eigenvalue weighted by molar-refractivity contribution is 0.580. The summed E-state index contributed by atoms with van der Waals surface area (Å²) in [4.78, 5) is 0. The van der Waals surface area contributed by atoms with Gasteiger partial charge in [-0.25, -0.2) is 17.5 Å². The minimum absolute atomic E-state index is 0.0726. The Morgan fingerprint density at radius 3 is 2.55 bits per heavy atom. The van der Waals surface area contributed by atoms with E-state index in [1.54, 1.807) is 7.05 Å². The molecule has 3 N–H and O–H groups in total. The van der Waals surface area contributed by atoms with Gasteiger partial charge >= 0.3 is 0 Å². The Morgan fingerprint density at radius 2 is 2.00 bits per heavy atom. The number of anilines is 1. The van der Waals surface area contributed by atoms with Gasteiger partial charge in [0.25, 0.3) is 0 Å². The quantitative estimate of drug-likeness (QED) is 0.853. The Morgan fingerprint density at radius 1 is 1.35 bits per heavy atom. The molecule has 2 aromatic rings. The molecule has 1 aromatic carbocycles. The lowest BCUT2D eigenvalue weighted by Gasteiger charge is -2.06. The second kappa shape index (κ2) is 5.59. The van der Waals surface area contributed by atoms with Gasteiger partial charge in [-0.15, -0.1) is 0 Å². The predicted octanol–water partition coefficient (Wildman–Crippen LogP) is 0.761. The van der Waals surface area contributed by atoms with E-state index < -0.39 is 15.8 Å². The highest BCUT2D eigenvalue weighted by atomic mass is 32.2. The number of hydrogen-bond acceptors (Lipinski definition) is 4. The third kappa shape index (κ3) is 3.55. The van der Waals surface area contributed by atoms with Gasteiger partial charge in [-0.1, -0.05) is 12.1 Å². The molecule has 1 heterocycles. The highest BCUT2D eigenvalue weighted by Gasteiger charge is 2.13. The smallest absolute Gasteiger partial charge is 0.216 e. The second-order valence-electron chi connectivity index (χ2n) is 4.39. The van der Waals surface area contributed by atoms with Crippen LogP contribution >= 0.6 is 0 Å². The molecule has 0 saturated heterocycles. The van der Waals surface area contributed by atoms with Crippen molar-refractivity contribution in [2.75, 3.05) is 5.73 Å². The number of sulfonamides is 1. The molecular weight excluding hydrogens is 283 g/mol. The van der Waals surface area contributed by atoms with E-state index >= 15 is 0 Å². The lowest BCUT2D eigenvalue weighted by atomic mass is 10.2. The summed E-state index contributed by atoms with van der Waals surface area (Å²) >= 11 is 0. The van der Waals surface area contributed by atoms with Gasteiger partial charge in [0, 0.05) is 19.2 Å². The first-order valence-corrected chi connectivity index (χ1v) is 7.51. The molecule has 0 saturated carbocycles. The second-order valence-corrected chi connectivity index (χ2v) is 6.19. The van der Waals surface area contributed by atoms with Crippen molar-refractivity contribution < 1.29 is 12.8 Å². The van der Waals surface area contributed by atoms with Gasteiger partial charge in [-0.2, -0.15) is 5.10 Å². The van der Waals surface area contributed by atoms with Gasteiger partial charge in [-0.3, -0.25) is 4.68 Å². The van der Waals surface area contributed by atoms with Crippen molar-refractivity contribution in [3.8, 4) is 0 Å². The fourth-order valence-electron chi connectivity index (χ4n) is 1.67. The summed E-state index contributed by atoms with van der Waals surface area (Å²) in [5, 5.41) is 3.93. The molecule has 0 bridgehead atoms. The maximum Gasteiger partial charge on any atom is 0.216 e. The van der Waals surface area contributed by atoms with E-state index in [9.17, 15) is 12.8 Å². The monoisotopic (exact) mass is 298 g/mol.